The van der Waals surface area contributed by atoms with Crippen molar-refractivity contribution in [2.24, 2.45) is 11.1 Å². The third-order valence-corrected chi connectivity index (χ3v) is 6.73. The zero-order chi connectivity index (χ0) is 32.2. The van der Waals surface area contributed by atoms with Gasteiger partial charge in [0.1, 0.15) is 17.6 Å². The van der Waals surface area contributed by atoms with Crippen molar-refractivity contribution >= 4 is 17.5 Å². The molecule has 0 saturated carbocycles. The molecule has 0 spiro atoms. The van der Waals surface area contributed by atoms with Crippen molar-refractivity contribution in [2.75, 3.05) is 39.7 Å². The fourth-order valence-corrected chi connectivity index (χ4v) is 4.88. The summed E-state index contributed by atoms with van der Waals surface area (Å²) < 4.78 is 28.8. The van der Waals surface area contributed by atoms with E-state index in [1.165, 1.54) is 37.4 Å². The van der Waals surface area contributed by atoms with Crippen molar-refractivity contribution in [3.63, 3.8) is 0 Å². The van der Waals surface area contributed by atoms with Crippen LogP contribution in [0.15, 0.2) is 65.5 Å². The first kappa shape index (κ1) is 31.8. The Hall–Kier alpha value is -5.17. The van der Waals surface area contributed by atoms with Crippen molar-refractivity contribution in [1.82, 2.24) is 19.7 Å². The Bertz CT molecular complexity index is 1710. The van der Waals surface area contributed by atoms with Crippen LogP contribution in [0.25, 0.3) is 5.69 Å². The number of aromatic nitrogens is 3. The Kier molecular flexibility index (Phi) is 9.38. The number of benzene rings is 3. The molecule has 4 aromatic rings. The lowest BCUT2D eigenvalue weighted by atomic mass is 9.94. The van der Waals surface area contributed by atoms with Crippen LogP contribution in [0.2, 0.25) is 0 Å². The van der Waals surface area contributed by atoms with E-state index in [2.05, 4.69) is 15.4 Å². The van der Waals surface area contributed by atoms with E-state index < -0.39 is 23.5 Å². The monoisotopic (exact) mass is 605 g/mol. The average Bonchev–Trinajstić information content (AvgIpc) is 3.36. The van der Waals surface area contributed by atoms with Gasteiger partial charge in [-0.1, -0.05) is 26.0 Å². The first-order valence-corrected chi connectivity index (χ1v) is 13.7. The van der Waals surface area contributed by atoms with E-state index >= 15 is 4.39 Å². The molecule has 6 N–H and O–H groups in total. The number of hydrogen-bond donors (Lipinski definition) is 5. The maximum absolute atomic E-state index is 16.4. The first-order valence-electron chi connectivity index (χ1n) is 13.7. The van der Waals surface area contributed by atoms with Crippen LogP contribution in [-0.2, 0) is 0 Å². The van der Waals surface area contributed by atoms with Gasteiger partial charge in [-0.25, -0.2) is 14.0 Å². The number of carboxylic acid groups (broad SMARTS) is 1. The van der Waals surface area contributed by atoms with Crippen molar-refractivity contribution in [1.29, 1.82) is 5.41 Å². The summed E-state index contributed by atoms with van der Waals surface area (Å²) in [5, 5.41) is 24.9. The van der Waals surface area contributed by atoms with Gasteiger partial charge in [-0.05, 0) is 56.6 Å². The topological polar surface area (TPSA) is 172 Å². The van der Waals surface area contributed by atoms with Gasteiger partial charge >= 0.3 is 11.7 Å². The quantitative estimate of drug-likeness (QED) is 0.112. The summed E-state index contributed by atoms with van der Waals surface area (Å²) >= 11 is 0. The van der Waals surface area contributed by atoms with Gasteiger partial charge in [0.2, 0.25) is 0 Å². The second-order valence-electron chi connectivity index (χ2n) is 11.3. The fourth-order valence-electron chi connectivity index (χ4n) is 4.88. The van der Waals surface area contributed by atoms with Crippen molar-refractivity contribution in [2.45, 2.75) is 19.9 Å². The molecule has 44 heavy (non-hydrogen) atoms. The van der Waals surface area contributed by atoms with Crippen LogP contribution in [-0.4, -0.2) is 70.9 Å². The van der Waals surface area contributed by atoms with E-state index in [9.17, 15) is 14.7 Å². The minimum atomic E-state index is -1.24. The number of halogens is 1. The maximum atomic E-state index is 16.4. The number of nitrogens with one attached hydrogen (secondary N) is 3. The van der Waals surface area contributed by atoms with E-state index in [1.54, 1.807) is 30.3 Å². The Morgan fingerprint density at radius 1 is 1.20 bits per heavy atom. The number of anilines is 1. The standard InChI is InChI=1S/C31H36FN7O5/c1-31(2,16-38(3)4)17-44-24-15-20(43-5)14-22(25(24)32)26(35-19-12-10-18(11-13-19)27(33)34)28-36-30(42)39(37-28)23-9-7-6-8-21(23)29(40)41/h6-15,26,35H,16-17H2,1-5H3,(H3,33,34)(H,40,41)(H,36,37,42). The predicted molar refractivity (Wildman–Crippen MR) is 165 cm³/mol. The molecule has 1 aromatic heterocycles. The largest absolute Gasteiger partial charge is 0.497 e. The van der Waals surface area contributed by atoms with Crippen LogP contribution in [0.4, 0.5) is 10.1 Å². The number of carbonyl (C=O) groups is 1. The number of amidine groups is 1. The van der Waals surface area contributed by atoms with Gasteiger partial charge < -0.3 is 30.5 Å². The van der Waals surface area contributed by atoms with E-state index in [0.717, 1.165) is 4.68 Å². The number of aromatic carboxylic acids is 1. The molecular formula is C31H36FN7O5. The Morgan fingerprint density at radius 2 is 1.89 bits per heavy atom. The molecule has 0 amide bonds. The molecule has 1 unspecified atom stereocenters. The molecule has 12 nitrogen and oxygen atoms in total. The van der Waals surface area contributed by atoms with Crippen molar-refractivity contribution < 1.29 is 23.8 Å². The molecular weight excluding hydrogens is 569 g/mol. The van der Waals surface area contributed by atoms with Gasteiger partial charge in [0.15, 0.2) is 17.4 Å². The Labute approximate surface area is 253 Å². The molecule has 0 aliphatic heterocycles. The summed E-state index contributed by atoms with van der Waals surface area (Å²) in [7, 11) is 5.33. The molecule has 1 atom stereocenters. The highest BCUT2D eigenvalue weighted by molar-refractivity contribution is 5.95. The third-order valence-electron chi connectivity index (χ3n) is 6.73. The number of nitrogen functional groups attached to an aromatic ring is 1. The molecule has 3 aromatic carbocycles. The number of nitrogens with two attached hydrogens (primary N) is 1. The Morgan fingerprint density at radius 3 is 2.50 bits per heavy atom. The van der Waals surface area contributed by atoms with Crippen LogP contribution in [0.1, 0.15) is 47.2 Å². The highest BCUT2D eigenvalue weighted by atomic mass is 19.1. The summed E-state index contributed by atoms with van der Waals surface area (Å²) in [6, 6.07) is 14.3. The number of carboxylic acids is 1. The summed E-state index contributed by atoms with van der Waals surface area (Å²) in [5.74, 6) is -1.81. The fraction of sp³-hybridized carbons (Fsp3) is 0.290. The summed E-state index contributed by atoms with van der Waals surface area (Å²) in [6.45, 7) is 4.92. The number of nitrogens with zero attached hydrogens (tertiary/aromatic N) is 3. The zero-order valence-electron chi connectivity index (χ0n) is 25.1. The number of ether oxygens (including phenoxy) is 2. The summed E-state index contributed by atoms with van der Waals surface area (Å²) in [6.07, 6.45) is 0. The van der Waals surface area contributed by atoms with Crippen LogP contribution in [0.5, 0.6) is 11.5 Å². The van der Waals surface area contributed by atoms with Crippen molar-refractivity contribution in [3.8, 4) is 17.2 Å². The number of rotatable bonds is 13. The molecule has 4 rings (SSSR count). The normalized spacial score (nSPS) is 12.2. The average molecular weight is 606 g/mol. The predicted octanol–water partition coefficient (Wildman–Crippen LogP) is 3.86. The van der Waals surface area contributed by atoms with Crippen LogP contribution >= 0.6 is 0 Å². The van der Waals surface area contributed by atoms with E-state index in [-0.39, 0.29) is 46.2 Å². The lowest BCUT2D eigenvalue weighted by Gasteiger charge is -2.28. The zero-order valence-corrected chi connectivity index (χ0v) is 25.1. The molecule has 0 fully saturated rings. The molecule has 0 aliphatic rings. The van der Waals surface area contributed by atoms with E-state index in [1.807, 2.05) is 32.8 Å². The smallest absolute Gasteiger partial charge is 0.348 e. The molecule has 1 heterocycles. The Balaban J connectivity index is 1.84. The molecule has 0 radical (unpaired) electrons. The second-order valence-corrected chi connectivity index (χ2v) is 11.3. The highest BCUT2D eigenvalue weighted by Crippen LogP contribution is 2.35. The molecule has 232 valence electrons. The molecule has 0 saturated heterocycles. The summed E-state index contributed by atoms with van der Waals surface area (Å²) in [4.78, 5) is 29.7. The highest BCUT2D eigenvalue weighted by Gasteiger charge is 2.28. The van der Waals surface area contributed by atoms with Gasteiger partial charge in [0.05, 0.1) is 25.0 Å². The SMILES string of the molecule is COc1cc(OCC(C)(C)CN(C)C)c(F)c(C(Nc2ccc(C(=N)N)cc2)c2nn(-c3ccccc3C(=O)O)c(=O)[nH]2)c1. The van der Waals surface area contributed by atoms with E-state index in [0.29, 0.717) is 23.5 Å². The van der Waals surface area contributed by atoms with Gasteiger partial charge in [0, 0.05) is 34.8 Å². The minimum Gasteiger partial charge on any atom is -0.497 e. The number of aromatic amines is 1. The summed E-state index contributed by atoms with van der Waals surface area (Å²) in [5.41, 5.74) is 5.50. The van der Waals surface area contributed by atoms with Crippen LogP contribution < -0.4 is 26.2 Å². The third kappa shape index (κ3) is 7.24. The van der Waals surface area contributed by atoms with Gasteiger partial charge in [-0.2, -0.15) is 4.68 Å². The minimum absolute atomic E-state index is 0.00289. The second kappa shape index (κ2) is 13.0. The first-order chi connectivity index (χ1) is 20.8. The van der Waals surface area contributed by atoms with Crippen LogP contribution in [0, 0.1) is 16.6 Å². The van der Waals surface area contributed by atoms with Gasteiger partial charge in [0.25, 0.3) is 0 Å². The molecule has 0 bridgehead atoms. The van der Waals surface area contributed by atoms with Crippen LogP contribution in [0.3, 0.4) is 0 Å². The lowest BCUT2D eigenvalue weighted by molar-refractivity contribution is 0.0696. The molecule has 13 heteroatoms. The number of methoxy groups -OCH3 is 1. The number of hydrogen-bond acceptors (Lipinski definition) is 8. The van der Waals surface area contributed by atoms with Gasteiger partial charge in [-0.15, -0.1) is 5.10 Å². The van der Waals surface area contributed by atoms with Gasteiger partial charge in [-0.3, -0.25) is 10.4 Å². The number of H-pyrrole nitrogens is 1. The van der Waals surface area contributed by atoms with Crippen molar-refractivity contribution in [3.05, 3.63) is 99.5 Å². The lowest BCUT2D eigenvalue weighted by Crippen LogP contribution is -2.33. The number of para-hydroxylation sites is 1. The van der Waals surface area contributed by atoms with E-state index in [4.69, 9.17) is 20.6 Å². The molecule has 0 aliphatic carbocycles. The maximum Gasteiger partial charge on any atom is 0.348 e.